The molecule has 21 heavy (non-hydrogen) atoms. The van der Waals surface area contributed by atoms with E-state index in [0.717, 1.165) is 68.7 Å². The number of nitrogens with one attached hydrogen (secondary N) is 1. The number of anilines is 2. The Morgan fingerprint density at radius 1 is 1.14 bits per heavy atom. The summed E-state index contributed by atoms with van der Waals surface area (Å²) < 4.78 is 5.48. The smallest absolute Gasteiger partial charge is 0.137 e. The van der Waals surface area contributed by atoms with E-state index in [1.807, 2.05) is 6.92 Å². The molecule has 1 aromatic rings. The van der Waals surface area contributed by atoms with Gasteiger partial charge in [-0.1, -0.05) is 13.8 Å². The first-order valence-electron chi connectivity index (χ1n) is 8.11. The van der Waals surface area contributed by atoms with Gasteiger partial charge in [-0.3, -0.25) is 0 Å². The molecular weight excluding hydrogens is 264 g/mol. The normalized spacial score (nSPS) is 10.7. The van der Waals surface area contributed by atoms with Crippen molar-refractivity contribution < 1.29 is 4.74 Å². The standard InChI is InChI=1S/C16H30N4O/c1-6-10-17-15-13(5)16(19-14(7-2)18-15)20(8-3)11-12-21-9-4/h6-12H2,1-5H3,(H,17,18,19). The predicted octanol–water partition coefficient (Wildman–Crippen LogP) is 3.03. The molecular formula is C16H30N4O. The number of aryl methyl sites for hydroxylation is 1. The van der Waals surface area contributed by atoms with E-state index in [0.29, 0.717) is 0 Å². The third-order valence-corrected chi connectivity index (χ3v) is 3.42. The largest absolute Gasteiger partial charge is 0.380 e. The molecule has 0 aromatic carbocycles. The van der Waals surface area contributed by atoms with Gasteiger partial charge in [0, 0.05) is 38.2 Å². The van der Waals surface area contributed by atoms with Crippen molar-refractivity contribution in [1.29, 1.82) is 0 Å². The maximum Gasteiger partial charge on any atom is 0.137 e. The number of hydrogen-bond donors (Lipinski definition) is 1. The maximum absolute atomic E-state index is 5.48. The minimum atomic E-state index is 0.729. The van der Waals surface area contributed by atoms with Crippen LogP contribution in [0.1, 0.15) is 45.5 Å². The van der Waals surface area contributed by atoms with Crippen LogP contribution < -0.4 is 10.2 Å². The van der Waals surface area contributed by atoms with Gasteiger partial charge in [0.15, 0.2) is 0 Å². The van der Waals surface area contributed by atoms with Crippen LogP contribution in [0, 0.1) is 6.92 Å². The minimum absolute atomic E-state index is 0.729. The molecule has 0 aliphatic heterocycles. The molecule has 0 bridgehead atoms. The number of aromatic nitrogens is 2. The van der Waals surface area contributed by atoms with Gasteiger partial charge in [-0.25, -0.2) is 9.97 Å². The number of ether oxygens (including phenoxy) is 1. The summed E-state index contributed by atoms with van der Waals surface area (Å²) in [5, 5.41) is 3.41. The monoisotopic (exact) mass is 294 g/mol. The van der Waals surface area contributed by atoms with Crippen molar-refractivity contribution in [2.75, 3.05) is 43.1 Å². The Morgan fingerprint density at radius 2 is 1.90 bits per heavy atom. The van der Waals surface area contributed by atoms with E-state index in [4.69, 9.17) is 9.72 Å². The van der Waals surface area contributed by atoms with E-state index in [1.165, 1.54) is 0 Å². The van der Waals surface area contributed by atoms with E-state index in [2.05, 4.69) is 42.9 Å². The molecule has 0 spiro atoms. The van der Waals surface area contributed by atoms with Gasteiger partial charge in [0.25, 0.3) is 0 Å². The van der Waals surface area contributed by atoms with Crippen molar-refractivity contribution in [2.24, 2.45) is 0 Å². The summed E-state index contributed by atoms with van der Waals surface area (Å²) >= 11 is 0. The first-order valence-corrected chi connectivity index (χ1v) is 8.11. The summed E-state index contributed by atoms with van der Waals surface area (Å²) in [6.07, 6.45) is 1.93. The molecule has 0 amide bonds. The summed E-state index contributed by atoms with van der Waals surface area (Å²) in [7, 11) is 0. The molecule has 5 nitrogen and oxygen atoms in total. The Morgan fingerprint density at radius 3 is 2.48 bits per heavy atom. The number of likely N-dealkylation sites (N-methyl/N-ethyl adjacent to an activating group) is 1. The van der Waals surface area contributed by atoms with Gasteiger partial charge < -0.3 is 15.0 Å². The second-order valence-electron chi connectivity index (χ2n) is 4.99. The van der Waals surface area contributed by atoms with Crippen molar-refractivity contribution >= 4 is 11.6 Å². The van der Waals surface area contributed by atoms with Crippen LogP contribution in [0.4, 0.5) is 11.6 Å². The van der Waals surface area contributed by atoms with Crippen molar-refractivity contribution in [1.82, 2.24) is 9.97 Å². The molecule has 0 atom stereocenters. The quantitative estimate of drug-likeness (QED) is 0.672. The van der Waals surface area contributed by atoms with E-state index in [1.54, 1.807) is 0 Å². The highest BCUT2D eigenvalue weighted by atomic mass is 16.5. The summed E-state index contributed by atoms with van der Waals surface area (Å²) in [6, 6.07) is 0. The van der Waals surface area contributed by atoms with Crippen molar-refractivity contribution in [3.63, 3.8) is 0 Å². The zero-order valence-electron chi connectivity index (χ0n) is 14.2. The fourth-order valence-electron chi connectivity index (χ4n) is 2.16. The molecule has 1 N–H and O–H groups in total. The van der Waals surface area contributed by atoms with Crippen molar-refractivity contribution in [2.45, 2.75) is 47.5 Å². The highest BCUT2D eigenvalue weighted by Crippen LogP contribution is 2.23. The van der Waals surface area contributed by atoms with E-state index in [9.17, 15) is 0 Å². The fraction of sp³-hybridized carbons (Fsp3) is 0.750. The van der Waals surface area contributed by atoms with Crippen molar-refractivity contribution in [3.8, 4) is 0 Å². The summed E-state index contributed by atoms with van der Waals surface area (Å²) in [4.78, 5) is 11.6. The average Bonchev–Trinajstić information content (AvgIpc) is 2.51. The number of nitrogens with zero attached hydrogens (tertiary/aromatic N) is 3. The third-order valence-electron chi connectivity index (χ3n) is 3.42. The molecule has 0 saturated heterocycles. The van der Waals surface area contributed by atoms with Crippen LogP contribution in [0.25, 0.3) is 0 Å². The molecule has 0 fully saturated rings. The first kappa shape index (κ1) is 17.7. The zero-order chi connectivity index (χ0) is 15.7. The molecule has 5 heteroatoms. The number of rotatable bonds is 10. The van der Waals surface area contributed by atoms with Crippen LogP contribution in [0.5, 0.6) is 0 Å². The average molecular weight is 294 g/mol. The highest BCUT2D eigenvalue weighted by molar-refractivity contribution is 5.58. The Kier molecular flexibility index (Phi) is 8.05. The van der Waals surface area contributed by atoms with Crippen LogP contribution in [-0.2, 0) is 11.2 Å². The minimum Gasteiger partial charge on any atom is -0.380 e. The van der Waals surface area contributed by atoms with E-state index < -0.39 is 0 Å². The lowest BCUT2D eigenvalue weighted by molar-refractivity contribution is 0.154. The zero-order valence-corrected chi connectivity index (χ0v) is 14.2. The second kappa shape index (κ2) is 9.55. The topological polar surface area (TPSA) is 50.3 Å². The van der Waals surface area contributed by atoms with Crippen LogP contribution in [0.2, 0.25) is 0 Å². The molecule has 0 aliphatic rings. The molecule has 0 unspecified atom stereocenters. The second-order valence-corrected chi connectivity index (χ2v) is 4.99. The maximum atomic E-state index is 5.48. The summed E-state index contributed by atoms with van der Waals surface area (Å²) in [6.45, 7) is 14.7. The SMILES string of the molecule is CCCNc1nc(CC)nc(N(CC)CCOCC)c1C. The van der Waals surface area contributed by atoms with Gasteiger partial charge in [0.05, 0.1) is 6.61 Å². The predicted molar refractivity (Wildman–Crippen MR) is 89.3 cm³/mol. The third kappa shape index (κ3) is 5.16. The van der Waals surface area contributed by atoms with Crippen LogP contribution in [0.3, 0.4) is 0 Å². The molecule has 0 radical (unpaired) electrons. The van der Waals surface area contributed by atoms with Gasteiger partial charge in [-0.15, -0.1) is 0 Å². The highest BCUT2D eigenvalue weighted by Gasteiger charge is 2.15. The summed E-state index contributed by atoms with van der Waals surface area (Å²) in [5.41, 5.74) is 1.12. The fourth-order valence-corrected chi connectivity index (χ4v) is 2.16. The Balaban J connectivity index is 3.01. The van der Waals surface area contributed by atoms with E-state index in [-0.39, 0.29) is 0 Å². The lowest BCUT2D eigenvalue weighted by Gasteiger charge is -2.25. The van der Waals surface area contributed by atoms with Crippen molar-refractivity contribution in [3.05, 3.63) is 11.4 Å². The van der Waals surface area contributed by atoms with E-state index >= 15 is 0 Å². The molecule has 0 aliphatic carbocycles. The summed E-state index contributed by atoms with van der Waals surface area (Å²) in [5.74, 6) is 2.89. The van der Waals surface area contributed by atoms with Gasteiger partial charge in [-0.05, 0) is 27.2 Å². The molecule has 1 aromatic heterocycles. The van der Waals surface area contributed by atoms with Gasteiger partial charge in [0.1, 0.15) is 17.5 Å². The first-order chi connectivity index (χ1) is 10.2. The van der Waals surface area contributed by atoms with Gasteiger partial charge in [0.2, 0.25) is 0 Å². The molecule has 1 heterocycles. The Bertz CT molecular complexity index is 423. The van der Waals surface area contributed by atoms with Crippen LogP contribution >= 0.6 is 0 Å². The Labute approximate surface area is 129 Å². The molecule has 120 valence electrons. The molecule has 1 rings (SSSR count). The van der Waals surface area contributed by atoms with Crippen LogP contribution in [0.15, 0.2) is 0 Å². The van der Waals surface area contributed by atoms with Gasteiger partial charge in [-0.2, -0.15) is 0 Å². The number of hydrogen-bond acceptors (Lipinski definition) is 5. The molecule has 0 saturated carbocycles. The van der Waals surface area contributed by atoms with Crippen LogP contribution in [-0.4, -0.2) is 42.8 Å². The van der Waals surface area contributed by atoms with Gasteiger partial charge >= 0.3 is 0 Å². The lowest BCUT2D eigenvalue weighted by atomic mass is 10.2. The Hall–Kier alpha value is -1.36. The lowest BCUT2D eigenvalue weighted by Crippen LogP contribution is -2.29.